The molecule has 0 rings (SSSR count). The molecule has 0 aliphatic heterocycles. The molecular formula is C4H9N3O4S. The summed E-state index contributed by atoms with van der Waals surface area (Å²) in [5.74, 6) is -0.167. The minimum atomic E-state index is -3.09. The van der Waals surface area contributed by atoms with Crippen molar-refractivity contribution >= 4 is 15.9 Å². The Morgan fingerprint density at radius 3 is 2.50 bits per heavy atom. The maximum absolute atomic E-state index is 10.5. The van der Waals surface area contributed by atoms with Gasteiger partial charge in [0.15, 0.2) is 0 Å². The molecule has 0 unspecified atom stereocenters. The first kappa shape index (κ1) is 10.8. The van der Waals surface area contributed by atoms with Crippen LogP contribution in [0.4, 0.5) is 4.79 Å². The molecule has 0 spiro atoms. The second-order valence-electron chi connectivity index (χ2n) is 2.09. The van der Waals surface area contributed by atoms with Crippen molar-refractivity contribution in [2.45, 2.75) is 0 Å². The number of carbonyl (C=O) groups excluding carboxylic acids is 1. The molecule has 8 heteroatoms. The molecule has 0 saturated heterocycles. The van der Waals surface area contributed by atoms with Crippen molar-refractivity contribution in [3.05, 3.63) is 4.91 Å². The van der Waals surface area contributed by atoms with Gasteiger partial charge in [-0.1, -0.05) is 0 Å². The molecule has 0 aromatic heterocycles. The van der Waals surface area contributed by atoms with Crippen LogP contribution in [-0.2, 0) is 9.84 Å². The quantitative estimate of drug-likeness (QED) is 0.444. The third-order valence-electron chi connectivity index (χ3n) is 0.906. The van der Waals surface area contributed by atoms with Gasteiger partial charge in [-0.25, -0.2) is 13.2 Å². The van der Waals surface area contributed by atoms with Gasteiger partial charge < -0.3 is 5.32 Å². The van der Waals surface area contributed by atoms with E-state index in [1.807, 2.05) is 0 Å². The normalized spacial score (nSPS) is 10.4. The summed E-state index contributed by atoms with van der Waals surface area (Å²) in [4.78, 5) is 19.9. The second-order valence-corrected chi connectivity index (χ2v) is 4.35. The van der Waals surface area contributed by atoms with Crippen LogP contribution in [0.1, 0.15) is 0 Å². The lowest BCUT2D eigenvalue weighted by Gasteiger charge is -2.00. The van der Waals surface area contributed by atoms with Crippen molar-refractivity contribution in [2.75, 3.05) is 18.6 Å². The fourth-order valence-corrected chi connectivity index (χ4v) is 0.904. The molecule has 0 radical (unpaired) electrons. The molecule has 0 bridgehead atoms. The smallest absolute Gasteiger partial charge is 0.336 e. The number of rotatable bonds is 4. The number of carbonyl (C=O) groups is 1. The van der Waals surface area contributed by atoms with E-state index in [9.17, 15) is 18.1 Å². The van der Waals surface area contributed by atoms with Gasteiger partial charge >= 0.3 is 6.03 Å². The van der Waals surface area contributed by atoms with E-state index in [0.717, 1.165) is 6.26 Å². The molecule has 0 aromatic carbocycles. The van der Waals surface area contributed by atoms with Crippen molar-refractivity contribution < 1.29 is 13.2 Å². The predicted octanol–water partition coefficient (Wildman–Crippen LogP) is -0.988. The highest BCUT2D eigenvalue weighted by Crippen LogP contribution is 1.79. The Hall–Kier alpha value is -1.18. The first-order valence-electron chi connectivity index (χ1n) is 2.99. The predicted molar refractivity (Wildman–Crippen MR) is 42.0 cm³/mol. The first-order valence-corrected chi connectivity index (χ1v) is 5.05. The van der Waals surface area contributed by atoms with Gasteiger partial charge in [-0.05, 0) is 0 Å². The Balaban J connectivity index is 3.57. The van der Waals surface area contributed by atoms with E-state index in [2.05, 4.69) is 10.6 Å². The zero-order valence-electron chi connectivity index (χ0n) is 6.40. The average Bonchev–Trinajstić information content (AvgIpc) is 1.84. The summed E-state index contributed by atoms with van der Waals surface area (Å²) < 4.78 is 21.0. The van der Waals surface area contributed by atoms with Crippen molar-refractivity contribution in [2.24, 2.45) is 5.29 Å². The van der Waals surface area contributed by atoms with Gasteiger partial charge in [-0.2, -0.15) is 5.43 Å². The summed E-state index contributed by atoms with van der Waals surface area (Å²) in [5, 5.41) is 4.21. The zero-order valence-corrected chi connectivity index (χ0v) is 7.22. The van der Waals surface area contributed by atoms with Crippen LogP contribution in [0.3, 0.4) is 0 Å². The van der Waals surface area contributed by atoms with Gasteiger partial charge in [0.2, 0.25) is 0 Å². The van der Waals surface area contributed by atoms with E-state index < -0.39 is 15.9 Å². The van der Waals surface area contributed by atoms with Crippen molar-refractivity contribution in [3.63, 3.8) is 0 Å². The standard InChI is InChI=1S/C4H9N3O4S/c1-12(10,11)3-2-5-4(8)6-7-9/h2-3H2,1H3,(H2,5,6,8,9). The van der Waals surface area contributed by atoms with Crippen LogP contribution in [0.15, 0.2) is 5.29 Å². The number of hydrogen-bond acceptors (Lipinski definition) is 5. The maximum atomic E-state index is 10.5. The fraction of sp³-hybridized carbons (Fsp3) is 0.750. The third kappa shape index (κ3) is 6.93. The molecule has 7 nitrogen and oxygen atoms in total. The molecule has 0 aliphatic carbocycles. The van der Waals surface area contributed by atoms with E-state index in [4.69, 9.17) is 0 Å². The zero-order chi connectivity index (χ0) is 9.61. The van der Waals surface area contributed by atoms with E-state index >= 15 is 0 Å². The maximum Gasteiger partial charge on any atom is 0.337 e. The highest BCUT2D eigenvalue weighted by molar-refractivity contribution is 7.90. The fourth-order valence-electron chi connectivity index (χ4n) is 0.431. The Morgan fingerprint density at radius 1 is 1.50 bits per heavy atom. The first-order chi connectivity index (χ1) is 5.45. The van der Waals surface area contributed by atoms with Crippen molar-refractivity contribution in [1.82, 2.24) is 10.7 Å². The SMILES string of the molecule is CS(=O)(=O)CCNC(=O)NN=O. The van der Waals surface area contributed by atoms with Crippen LogP contribution < -0.4 is 10.7 Å². The molecule has 2 amide bonds. The Labute approximate surface area is 69.4 Å². The summed E-state index contributed by atoms with van der Waals surface area (Å²) >= 11 is 0. The largest absolute Gasteiger partial charge is 0.337 e. The number of hydrogen-bond donors (Lipinski definition) is 2. The Bertz CT molecular complexity index is 259. The number of nitrogens with zero attached hydrogens (tertiary/aromatic N) is 1. The Kier molecular flexibility index (Phi) is 4.19. The van der Waals surface area contributed by atoms with Crippen LogP contribution in [0.5, 0.6) is 0 Å². The molecule has 70 valence electrons. The highest BCUT2D eigenvalue weighted by Gasteiger charge is 2.03. The molecule has 2 N–H and O–H groups in total. The topological polar surface area (TPSA) is 105 Å². The molecule has 0 aliphatic rings. The summed E-state index contributed by atoms with van der Waals surface area (Å²) in [7, 11) is -3.09. The lowest BCUT2D eigenvalue weighted by Crippen LogP contribution is -2.35. The summed E-state index contributed by atoms with van der Waals surface area (Å²) in [6.07, 6.45) is 1.05. The van der Waals surface area contributed by atoms with Gasteiger partial charge in [0.25, 0.3) is 0 Å². The molecule has 0 saturated carbocycles. The van der Waals surface area contributed by atoms with E-state index in [1.54, 1.807) is 5.43 Å². The molecule has 0 atom stereocenters. The van der Waals surface area contributed by atoms with Crippen LogP contribution in [0.25, 0.3) is 0 Å². The van der Waals surface area contributed by atoms with Gasteiger partial charge in [0, 0.05) is 12.8 Å². The van der Waals surface area contributed by atoms with E-state index in [-0.39, 0.29) is 12.3 Å². The van der Waals surface area contributed by atoms with Gasteiger partial charge in [0.1, 0.15) is 9.84 Å². The minimum Gasteiger partial charge on any atom is -0.336 e. The molecular weight excluding hydrogens is 186 g/mol. The molecule has 0 aromatic rings. The lowest BCUT2D eigenvalue weighted by atomic mass is 10.7. The van der Waals surface area contributed by atoms with Crippen LogP contribution in [0.2, 0.25) is 0 Å². The van der Waals surface area contributed by atoms with Gasteiger partial charge in [-0.3, -0.25) is 0 Å². The van der Waals surface area contributed by atoms with Gasteiger partial charge in [-0.15, -0.1) is 4.91 Å². The van der Waals surface area contributed by atoms with Crippen molar-refractivity contribution in [1.29, 1.82) is 0 Å². The number of nitrogens with one attached hydrogen (secondary N) is 2. The Morgan fingerprint density at radius 2 is 2.08 bits per heavy atom. The summed E-state index contributed by atoms with van der Waals surface area (Å²) in [6, 6.07) is -0.811. The minimum absolute atomic E-state index is 0.0415. The number of amides is 2. The van der Waals surface area contributed by atoms with E-state index in [1.165, 1.54) is 0 Å². The second kappa shape index (κ2) is 4.65. The lowest BCUT2D eigenvalue weighted by molar-refractivity contribution is 0.242. The van der Waals surface area contributed by atoms with Crippen LogP contribution in [-0.4, -0.2) is 33.0 Å². The average molecular weight is 195 g/mol. The number of urea groups is 1. The summed E-state index contributed by atoms with van der Waals surface area (Å²) in [6.45, 7) is -0.0415. The highest BCUT2D eigenvalue weighted by atomic mass is 32.2. The number of nitroso groups, excluding NO2 is 1. The van der Waals surface area contributed by atoms with E-state index in [0.29, 0.717) is 0 Å². The number of sulfone groups is 1. The summed E-state index contributed by atoms with van der Waals surface area (Å²) in [5.41, 5.74) is 1.56. The molecule has 12 heavy (non-hydrogen) atoms. The van der Waals surface area contributed by atoms with Crippen molar-refractivity contribution in [3.8, 4) is 0 Å². The van der Waals surface area contributed by atoms with Crippen LogP contribution in [0, 0.1) is 4.91 Å². The van der Waals surface area contributed by atoms with Crippen LogP contribution >= 0.6 is 0 Å². The monoisotopic (exact) mass is 195 g/mol. The van der Waals surface area contributed by atoms with Gasteiger partial charge in [0.05, 0.1) is 11.0 Å². The molecule has 0 fully saturated rings. The molecule has 0 heterocycles. The third-order valence-corrected chi connectivity index (χ3v) is 1.85.